The highest BCUT2D eigenvalue weighted by Gasteiger charge is 2.33. The van der Waals surface area contributed by atoms with Crippen LogP contribution in [-0.4, -0.2) is 31.8 Å². The van der Waals surface area contributed by atoms with E-state index < -0.39 is 27.7 Å². The fourth-order valence-electron chi connectivity index (χ4n) is 2.89. The van der Waals surface area contributed by atoms with E-state index in [9.17, 15) is 17.6 Å². The Labute approximate surface area is 160 Å². The van der Waals surface area contributed by atoms with Crippen molar-refractivity contribution >= 4 is 27.3 Å². The number of piperidine rings is 1. The van der Waals surface area contributed by atoms with Gasteiger partial charge < -0.3 is 4.74 Å². The highest BCUT2D eigenvalue weighted by Crippen LogP contribution is 2.27. The van der Waals surface area contributed by atoms with Gasteiger partial charge in [0.1, 0.15) is 16.6 Å². The molecule has 27 heavy (non-hydrogen) atoms. The largest absolute Gasteiger partial charge is 0.460 e. The van der Waals surface area contributed by atoms with Crippen molar-refractivity contribution in [1.29, 1.82) is 5.26 Å². The van der Waals surface area contributed by atoms with Gasteiger partial charge in [-0.2, -0.15) is 9.57 Å². The Morgan fingerprint density at radius 2 is 2.07 bits per heavy atom. The van der Waals surface area contributed by atoms with Crippen LogP contribution in [0.3, 0.4) is 0 Å². The summed E-state index contributed by atoms with van der Waals surface area (Å²) in [5, 5.41) is 10.6. The highest BCUT2D eigenvalue weighted by molar-refractivity contribution is 7.91. The average Bonchev–Trinajstić information content (AvgIpc) is 3.23. The molecule has 0 spiro atoms. The molecule has 1 saturated heterocycles. The number of sulfonamides is 1. The fourth-order valence-corrected chi connectivity index (χ4v) is 5.51. The number of nitrogens with zero attached hydrogens (tertiary/aromatic N) is 2. The number of ether oxygens (including phenoxy) is 1. The van der Waals surface area contributed by atoms with Gasteiger partial charge in [-0.3, -0.25) is 4.79 Å². The summed E-state index contributed by atoms with van der Waals surface area (Å²) in [6.07, 6.45) is 0.703. The lowest BCUT2D eigenvalue weighted by Gasteiger charge is -2.29. The van der Waals surface area contributed by atoms with E-state index in [1.807, 2.05) is 6.07 Å². The average molecular weight is 408 g/mol. The third kappa shape index (κ3) is 4.35. The van der Waals surface area contributed by atoms with E-state index in [2.05, 4.69) is 0 Å². The van der Waals surface area contributed by atoms with Crippen molar-refractivity contribution in [2.45, 2.75) is 23.7 Å². The standard InChI is InChI=1S/C18H17FN2O4S2/c19-16-4-3-13(11-20)10-15(16)12-25-18(22)14-5-7-21(8-6-14)27(23,24)17-2-1-9-26-17/h1-4,9-10,14H,5-8,12H2. The molecule has 0 aliphatic carbocycles. The van der Waals surface area contributed by atoms with Gasteiger partial charge in [-0.25, -0.2) is 12.8 Å². The molecule has 1 aromatic heterocycles. The summed E-state index contributed by atoms with van der Waals surface area (Å²) in [7, 11) is -3.52. The Bertz CT molecular complexity index is 960. The summed E-state index contributed by atoms with van der Waals surface area (Å²) >= 11 is 1.16. The van der Waals surface area contributed by atoms with Crippen LogP contribution in [0.2, 0.25) is 0 Å². The Kier molecular flexibility index (Phi) is 5.89. The highest BCUT2D eigenvalue weighted by atomic mass is 32.2. The van der Waals surface area contributed by atoms with Gasteiger partial charge in [0.2, 0.25) is 0 Å². The molecule has 1 aliphatic rings. The van der Waals surface area contributed by atoms with E-state index in [0.717, 1.165) is 17.4 Å². The van der Waals surface area contributed by atoms with Gasteiger partial charge in [-0.05, 0) is 42.5 Å². The number of hydrogen-bond donors (Lipinski definition) is 0. The molecule has 2 aromatic rings. The van der Waals surface area contributed by atoms with Crippen molar-refractivity contribution in [2.75, 3.05) is 13.1 Å². The quantitative estimate of drug-likeness (QED) is 0.710. The lowest BCUT2D eigenvalue weighted by Crippen LogP contribution is -2.40. The Balaban J connectivity index is 1.56. The first-order valence-electron chi connectivity index (χ1n) is 8.30. The van der Waals surface area contributed by atoms with Crippen LogP contribution >= 0.6 is 11.3 Å². The number of halogens is 1. The fraction of sp³-hybridized carbons (Fsp3) is 0.333. The lowest BCUT2D eigenvalue weighted by atomic mass is 9.98. The van der Waals surface area contributed by atoms with Gasteiger partial charge in [-0.15, -0.1) is 11.3 Å². The normalized spacial score (nSPS) is 16.0. The lowest BCUT2D eigenvalue weighted by molar-refractivity contribution is -0.151. The number of thiophene rings is 1. The van der Waals surface area contributed by atoms with Crippen LogP contribution in [-0.2, 0) is 26.2 Å². The molecule has 1 aromatic carbocycles. The van der Waals surface area contributed by atoms with E-state index >= 15 is 0 Å². The zero-order valence-corrected chi connectivity index (χ0v) is 15.9. The number of carbonyl (C=O) groups excluding carboxylic acids is 1. The number of esters is 1. The number of nitriles is 1. The second kappa shape index (κ2) is 8.17. The number of rotatable bonds is 5. The monoisotopic (exact) mass is 408 g/mol. The smallest absolute Gasteiger partial charge is 0.309 e. The molecule has 0 saturated carbocycles. The maximum atomic E-state index is 13.7. The summed E-state index contributed by atoms with van der Waals surface area (Å²) in [5.74, 6) is -1.45. The summed E-state index contributed by atoms with van der Waals surface area (Å²) in [5.41, 5.74) is 0.426. The zero-order valence-electron chi connectivity index (χ0n) is 14.3. The van der Waals surface area contributed by atoms with Gasteiger partial charge in [0.15, 0.2) is 0 Å². The van der Waals surface area contributed by atoms with Crippen molar-refractivity contribution in [1.82, 2.24) is 4.31 Å². The molecule has 1 fully saturated rings. The van der Waals surface area contributed by atoms with E-state index in [1.54, 1.807) is 17.5 Å². The number of benzene rings is 1. The van der Waals surface area contributed by atoms with Crippen LogP contribution in [0.1, 0.15) is 24.0 Å². The molecule has 0 unspecified atom stereocenters. The van der Waals surface area contributed by atoms with Crippen LogP contribution in [0.25, 0.3) is 0 Å². The minimum absolute atomic E-state index is 0.139. The molecule has 0 atom stereocenters. The second-order valence-electron chi connectivity index (χ2n) is 6.14. The van der Waals surface area contributed by atoms with Crippen molar-refractivity contribution < 1.29 is 22.3 Å². The molecule has 2 heterocycles. The van der Waals surface area contributed by atoms with E-state index in [-0.39, 0.29) is 35.0 Å². The van der Waals surface area contributed by atoms with Crippen molar-refractivity contribution in [3.05, 3.63) is 52.7 Å². The molecule has 3 rings (SSSR count). The first-order valence-corrected chi connectivity index (χ1v) is 10.6. The van der Waals surface area contributed by atoms with Gasteiger partial charge in [0, 0.05) is 18.7 Å². The van der Waals surface area contributed by atoms with Gasteiger partial charge >= 0.3 is 5.97 Å². The SMILES string of the molecule is N#Cc1ccc(F)c(COC(=O)C2CCN(S(=O)(=O)c3cccs3)CC2)c1. The zero-order chi connectivity index (χ0) is 19.4. The summed E-state index contributed by atoms with van der Waals surface area (Å²) in [6.45, 7) is 0.213. The molecule has 142 valence electrons. The molecule has 9 heteroatoms. The van der Waals surface area contributed by atoms with Crippen LogP contribution in [0.15, 0.2) is 39.9 Å². The Hall–Kier alpha value is -2.28. The molecule has 0 bridgehead atoms. The van der Waals surface area contributed by atoms with Gasteiger partial charge in [0.25, 0.3) is 10.0 Å². The predicted octanol–water partition coefficient (Wildman–Crippen LogP) is 2.90. The van der Waals surface area contributed by atoms with E-state index in [0.29, 0.717) is 12.8 Å². The summed E-state index contributed by atoms with van der Waals surface area (Å²) in [4.78, 5) is 12.2. The second-order valence-corrected chi connectivity index (χ2v) is 9.25. The van der Waals surface area contributed by atoms with E-state index in [4.69, 9.17) is 10.00 Å². The maximum absolute atomic E-state index is 13.7. The van der Waals surface area contributed by atoms with E-state index in [1.165, 1.54) is 16.4 Å². The molecule has 0 N–H and O–H groups in total. The number of hydrogen-bond acceptors (Lipinski definition) is 6. The topological polar surface area (TPSA) is 87.5 Å². The molecular weight excluding hydrogens is 391 g/mol. The minimum Gasteiger partial charge on any atom is -0.460 e. The first-order chi connectivity index (χ1) is 12.9. The van der Waals surface area contributed by atoms with Crippen molar-refractivity contribution in [2.24, 2.45) is 5.92 Å². The Morgan fingerprint density at radius 3 is 2.70 bits per heavy atom. The third-order valence-corrected chi connectivity index (χ3v) is 7.69. The predicted molar refractivity (Wildman–Crippen MR) is 96.7 cm³/mol. The van der Waals surface area contributed by atoms with Crippen LogP contribution < -0.4 is 0 Å². The molecule has 6 nitrogen and oxygen atoms in total. The summed E-state index contributed by atoms with van der Waals surface area (Å²) < 4.78 is 45.6. The van der Waals surface area contributed by atoms with Crippen molar-refractivity contribution in [3.63, 3.8) is 0 Å². The Morgan fingerprint density at radius 1 is 1.33 bits per heavy atom. The molecular formula is C18H17FN2O4S2. The molecule has 0 amide bonds. The van der Waals surface area contributed by atoms with Crippen LogP contribution in [0, 0.1) is 23.1 Å². The first kappa shape index (κ1) is 19.5. The molecule has 0 radical (unpaired) electrons. The third-order valence-electron chi connectivity index (χ3n) is 4.42. The number of carbonyl (C=O) groups is 1. The van der Waals surface area contributed by atoms with Gasteiger partial charge in [-0.1, -0.05) is 6.07 Å². The minimum atomic E-state index is -3.52. The maximum Gasteiger partial charge on any atom is 0.309 e. The molecule has 1 aliphatic heterocycles. The van der Waals surface area contributed by atoms with Crippen LogP contribution in [0.4, 0.5) is 4.39 Å². The van der Waals surface area contributed by atoms with Crippen LogP contribution in [0.5, 0.6) is 0 Å². The van der Waals surface area contributed by atoms with Crippen molar-refractivity contribution in [3.8, 4) is 6.07 Å². The van der Waals surface area contributed by atoms with Gasteiger partial charge in [0.05, 0.1) is 17.6 Å². The summed E-state index contributed by atoms with van der Waals surface area (Å²) in [6, 6.07) is 9.01.